The van der Waals surface area contributed by atoms with Crippen LogP contribution in [0.3, 0.4) is 0 Å². The Morgan fingerprint density at radius 3 is 1.81 bits per heavy atom. The zero-order valence-corrected chi connectivity index (χ0v) is 28.1. The number of allylic oxidation sites excluding steroid dienone is 18. The van der Waals surface area contributed by atoms with E-state index in [0.717, 1.165) is 19.3 Å². The van der Waals surface area contributed by atoms with E-state index in [4.69, 9.17) is 4.74 Å². The molecule has 0 aromatic carbocycles. The van der Waals surface area contributed by atoms with Crippen LogP contribution in [0.25, 0.3) is 0 Å². The Labute approximate surface area is 257 Å². The van der Waals surface area contributed by atoms with Crippen molar-refractivity contribution in [1.82, 2.24) is 0 Å². The fourth-order valence-electron chi connectivity index (χ4n) is 6.89. The molecule has 0 amide bonds. The van der Waals surface area contributed by atoms with Crippen molar-refractivity contribution in [1.29, 1.82) is 0 Å². The Morgan fingerprint density at radius 1 is 0.738 bits per heavy atom. The predicted octanol–water partition coefficient (Wildman–Crippen LogP) is 10.8. The van der Waals surface area contributed by atoms with E-state index in [2.05, 4.69) is 154 Å². The number of aliphatic hydroxyl groups excluding tert-OH is 1. The average molecular weight is 569 g/mol. The van der Waals surface area contributed by atoms with Gasteiger partial charge in [0.15, 0.2) is 0 Å². The summed E-state index contributed by atoms with van der Waals surface area (Å²) in [7, 11) is 0. The van der Waals surface area contributed by atoms with Gasteiger partial charge >= 0.3 is 0 Å². The Morgan fingerprint density at radius 2 is 1.26 bits per heavy atom. The molecular formula is C40H56O2. The topological polar surface area (TPSA) is 32.8 Å². The summed E-state index contributed by atoms with van der Waals surface area (Å²) in [5.41, 5.74) is 7.59. The molecule has 1 N–H and O–H groups in total. The summed E-state index contributed by atoms with van der Waals surface area (Å²) < 4.78 is 6.34. The first kappa shape index (κ1) is 33.8. The van der Waals surface area contributed by atoms with Crippen molar-refractivity contribution in [3.8, 4) is 0 Å². The summed E-state index contributed by atoms with van der Waals surface area (Å²) in [5, 5.41) is 10.1. The normalized spacial score (nSPS) is 31.0. The zero-order valence-electron chi connectivity index (χ0n) is 28.1. The zero-order chi connectivity index (χ0) is 31.2. The molecule has 3 aliphatic rings. The number of hydrogen-bond acceptors (Lipinski definition) is 2. The third-order valence-corrected chi connectivity index (χ3v) is 9.43. The fraction of sp³-hybridized carbons (Fsp3) is 0.500. The first-order valence-electron chi connectivity index (χ1n) is 15.8. The summed E-state index contributed by atoms with van der Waals surface area (Å²) in [6.07, 6.45) is 35.2. The highest BCUT2D eigenvalue weighted by Crippen LogP contribution is 2.66. The quantitative estimate of drug-likeness (QED) is 0.210. The monoisotopic (exact) mass is 568 g/mol. The Balaban J connectivity index is 1.49. The van der Waals surface area contributed by atoms with Gasteiger partial charge in [-0.1, -0.05) is 135 Å². The summed E-state index contributed by atoms with van der Waals surface area (Å²) >= 11 is 0. The third kappa shape index (κ3) is 8.45. The maximum Gasteiger partial charge on any atom is 0.121 e. The van der Waals surface area contributed by atoms with Crippen LogP contribution in [0.4, 0.5) is 0 Å². The van der Waals surface area contributed by atoms with Gasteiger partial charge in [0.05, 0.1) is 11.7 Å². The van der Waals surface area contributed by atoms with Crippen LogP contribution in [0.5, 0.6) is 0 Å². The minimum absolute atomic E-state index is 0.00993. The van der Waals surface area contributed by atoms with Gasteiger partial charge in [0.2, 0.25) is 0 Å². The highest BCUT2D eigenvalue weighted by Gasteiger charge is 2.73. The number of hydrogen-bond donors (Lipinski definition) is 1. The molecule has 3 atom stereocenters. The molecule has 1 heterocycles. The van der Waals surface area contributed by atoms with Crippen LogP contribution >= 0.6 is 0 Å². The van der Waals surface area contributed by atoms with Gasteiger partial charge < -0.3 is 9.84 Å². The van der Waals surface area contributed by atoms with Crippen molar-refractivity contribution < 1.29 is 9.84 Å². The van der Waals surface area contributed by atoms with Crippen LogP contribution < -0.4 is 0 Å². The molecule has 42 heavy (non-hydrogen) atoms. The fourth-order valence-corrected chi connectivity index (χ4v) is 6.89. The lowest BCUT2D eigenvalue weighted by molar-refractivity contribution is 0.116. The van der Waals surface area contributed by atoms with Crippen molar-refractivity contribution in [2.24, 2.45) is 10.8 Å². The SMILES string of the molecule is CC(C=CC=C(C)C=CC1=C(C)CC(O)CC1(C)C)=CC=CC=C(C)C=CC=C(C)C=CC12OC1(C)CCCC2(C)C. The molecule has 2 aliphatic carbocycles. The first-order valence-corrected chi connectivity index (χ1v) is 15.8. The lowest BCUT2D eigenvalue weighted by atomic mass is 9.64. The van der Waals surface area contributed by atoms with E-state index in [0.29, 0.717) is 0 Å². The molecule has 1 saturated heterocycles. The molecule has 2 heteroatoms. The number of ether oxygens (including phenoxy) is 1. The molecular weight excluding hydrogens is 512 g/mol. The second-order valence-electron chi connectivity index (χ2n) is 14.4. The minimum Gasteiger partial charge on any atom is -0.393 e. The molecule has 2 nitrogen and oxygen atoms in total. The summed E-state index contributed by atoms with van der Waals surface area (Å²) in [5.74, 6) is 0. The van der Waals surface area contributed by atoms with Crippen LogP contribution in [-0.4, -0.2) is 22.4 Å². The highest BCUT2D eigenvalue weighted by molar-refractivity contribution is 5.39. The molecule has 0 bridgehead atoms. The van der Waals surface area contributed by atoms with Gasteiger partial charge in [-0.15, -0.1) is 0 Å². The Hall–Kier alpha value is -2.68. The second-order valence-corrected chi connectivity index (χ2v) is 14.4. The number of epoxide rings is 1. The van der Waals surface area contributed by atoms with Crippen molar-refractivity contribution in [2.45, 2.75) is 119 Å². The third-order valence-electron chi connectivity index (χ3n) is 9.43. The van der Waals surface area contributed by atoms with E-state index in [1.165, 1.54) is 46.3 Å². The Bertz CT molecular complexity index is 1300. The van der Waals surface area contributed by atoms with Crippen LogP contribution in [0.2, 0.25) is 0 Å². The van der Waals surface area contributed by atoms with Crippen molar-refractivity contribution in [3.63, 3.8) is 0 Å². The summed E-state index contributed by atoms with van der Waals surface area (Å²) in [4.78, 5) is 0. The van der Waals surface area contributed by atoms with Gasteiger partial charge in [-0.05, 0) is 90.7 Å². The lowest BCUT2D eigenvalue weighted by Crippen LogP contribution is -2.41. The van der Waals surface area contributed by atoms with Gasteiger partial charge in [-0.2, -0.15) is 0 Å². The second kappa shape index (κ2) is 13.7. The maximum absolute atomic E-state index is 10.1. The van der Waals surface area contributed by atoms with Crippen LogP contribution in [0, 0.1) is 10.8 Å². The first-order chi connectivity index (χ1) is 19.6. The smallest absolute Gasteiger partial charge is 0.121 e. The molecule has 0 radical (unpaired) electrons. The largest absolute Gasteiger partial charge is 0.393 e. The van der Waals surface area contributed by atoms with Gasteiger partial charge in [-0.25, -0.2) is 0 Å². The molecule has 3 rings (SSSR count). The molecule has 1 saturated carbocycles. The Kier molecular flexibility index (Phi) is 11.1. The van der Waals surface area contributed by atoms with E-state index < -0.39 is 0 Å². The van der Waals surface area contributed by atoms with Crippen molar-refractivity contribution >= 4 is 0 Å². The molecule has 228 valence electrons. The van der Waals surface area contributed by atoms with Gasteiger partial charge in [-0.3, -0.25) is 0 Å². The van der Waals surface area contributed by atoms with Crippen LogP contribution in [0.1, 0.15) is 101 Å². The molecule has 1 aliphatic heterocycles. The average Bonchev–Trinajstić information content (AvgIpc) is 3.51. The van der Waals surface area contributed by atoms with Gasteiger partial charge in [0, 0.05) is 5.41 Å². The van der Waals surface area contributed by atoms with E-state index in [9.17, 15) is 5.11 Å². The van der Waals surface area contributed by atoms with Gasteiger partial charge in [0.25, 0.3) is 0 Å². The van der Waals surface area contributed by atoms with E-state index in [1.807, 2.05) is 0 Å². The molecule has 2 fully saturated rings. The standard InChI is InChI=1S/C40H56O2/c1-30(18-13-20-32(3)22-23-36-34(5)28-35(41)29-37(36,6)7)16-11-12-17-31(2)19-14-21-33(4)24-27-40-38(8,9)25-15-26-39(40,10)42-40/h11-14,16-24,27,35,41H,15,25-26,28-29H2,1-10H3. The summed E-state index contributed by atoms with van der Waals surface area (Å²) in [6, 6.07) is 0. The summed E-state index contributed by atoms with van der Waals surface area (Å²) in [6.45, 7) is 22.1. The number of rotatable bonds is 10. The molecule has 0 aromatic heterocycles. The molecule has 3 unspecified atom stereocenters. The minimum atomic E-state index is -0.223. The van der Waals surface area contributed by atoms with Crippen molar-refractivity contribution in [2.75, 3.05) is 0 Å². The predicted molar refractivity (Wildman–Crippen MR) is 182 cm³/mol. The van der Waals surface area contributed by atoms with E-state index >= 15 is 0 Å². The van der Waals surface area contributed by atoms with Crippen LogP contribution in [0.15, 0.2) is 119 Å². The lowest BCUT2D eigenvalue weighted by Gasteiger charge is -2.36. The van der Waals surface area contributed by atoms with Crippen LogP contribution in [-0.2, 0) is 4.74 Å². The highest BCUT2D eigenvalue weighted by atomic mass is 16.6. The van der Waals surface area contributed by atoms with E-state index in [-0.39, 0.29) is 28.1 Å². The van der Waals surface area contributed by atoms with Crippen molar-refractivity contribution in [3.05, 3.63) is 119 Å². The molecule has 0 aromatic rings. The molecule has 0 spiro atoms. The van der Waals surface area contributed by atoms with E-state index in [1.54, 1.807) is 0 Å². The number of aliphatic hydroxyl groups is 1. The number of fused-ring (bicyclic) bond motifs is 1. The maximum atomic E-state index is 10.1. The van der Waals surface area contributed by atoms with Gasteiger partial charge in [0.1, 0.15) is 5.60 Å².